The van der Waals surface area contributed by atoms with Gasteiger partial charge in [0.1, 0.15) is 23.3 Å². The van der Waals surface area contributed by atoms with Crippen LogP contribution in [-0.2, 0) is 19.1 Å². The second kappa shape index (κ2) is 7.06. The first-order valence-electron chi connectivity index (χ1n) is 9.01. The highest BCUT2D eigenvalue weighted by molar-refractivity contribution is 5.91. The first-order valence-corrected chi connectivity index (χ1v) is 9.01. The summed E-state index contributed by atoms with van der Waals surface area (Å²) in [4.78, 5) is 38.8. The minimum absolute atomic E-state index is 0.230. The molecule has 8 nitrogen and oxygen atoms in total. The molecule has 0 aliphatic carbocycles. The number of carbonyl (C=O) groups is 3. The molecule has 2 saturated heterocycles. The molecule has 0 saturated carbocycles. The number of nitrogens with zero attached hydrogens (tertiary/aromatic N) is 1. The van der Waals surface area contributed by atoms with Crippen LogP contribution in [0.3, 0.4) is 0 Å². The number of carbonyl (C=O) groups excluding carboxylic acids is 3. The van der Waals surface area contributed by atoms with Crippen molar-refractivity contribution in [3.8, 4) is 0 Å². The third-order valence-corrected chi connectivity index (χ3v) is 4.27. The number of rotatable bonds is 2. The highest BCUT2D eigenvalue weighted by Gasteiger charge is 2.51. The maximum atomic E-state index is 12.9. The van der Waals surface area contributed by atoms with Gasteiger partial charge in [-0.05, 0) is 60.8 Å². The Labute approximate surface area is 154 Å². The van der Waals surface area contributed by atoms with E-state index in [1.54, 1.807) is 41.5 Å². The smallest absolute Gasteiger partial charge is 0.408 e. The van der Waals surface area contributed by atoms with E-state index in [1.165, 1.54) is 4.90 Å². The fourth-order valence-corrected chi connectivity index (χ4v) is 3.38. The van der Waals surface area contributed by atoms with E-state index < -0.39 is 47.4 Å². The third-order valence-electron chi connectivity index (χ3n) is 4.27. The van der Waals surface area contributed by atoms with Gasteiger partial charge in [-0.2, -0.15) is 0 Å². The fourth-order valence-electron chi connectivity index (χ4n) is 3.38. The van der Waals surface area contributed by atoms with Gasteiger partial charge in [0.25, 0.3) is 0 Å². The van der Waals surface area contributed by atoms with Gasteiger partial charge in [0.15, 0.2) is 0 Å². The fraction of sp³-hybridized carbons (Fsp3) is 0.833. The number of fused-ring (bicyclic) bond motifs is 1. The number of esters is 1. The Morgan fingerprint density at radius 1 is 1.08 bits per heavy atom. The summed E-state index contributed by atoms with van der Waals surface area (Å²) in [5, 5.41) is 12.8. The van der Waals surface area contributed by atoms with Gasteiger partial charge >= 0.3 is 12.1 Å². The van der Waals surface area contributed by atoms with E-state index in [1.807, 2.05) is 0 Å². The van der Waals surface area contributed by atoms with Gasteiger partial charge in [-0.15, -0.1) is 0 Å². The van der Waals surface area contributed by atoms with Crippen LogP contribution in [0.5, 0.6) is 0 Å². The molecular weight excluding hydrogens is 340 g/mol. The van der Waals surface area contributed by atoms with Crippen LogP contribution in [0.4, 0.5) is 4.79 Å². The van der Waals surface area contributed by atoms with Gasteiger partial charge in [0.05, 0.1) is 6.10 Å². The number of hydrogen-bond acceptors (Lipinski definition) is 6. The molecule has 0 aromatic rings. The van der Waals surface area contributed by atoms with Crippen LogP contribution in [0.15, 0.2) is 0 Å². The topological polar surface area (TPSA) is 105 Å². The van der Waals surface area contributed by atoms with Crippen LogP contribution in [0.25, 0.3) is 0 Å². The zero-order chi connectivity index (χ0) is 19.9. The molecular formula is C18H30N2O6. The lowest BCUT2D eigenvalue weighted by atomic mass is 9.95. The first kappa shape index (κ1) is 20.5. The molecule has 0 aromatic heterocycles. The van der Waals surface area contributed by atoms with E-state index in [4.69, 9.17) is 9.47 Å². The number of aliphatic hydroxyl groups excluding tert-OH is 1. The van der Waals surface area contributed by atoms with E-state index in [2.05, 4.69) is 5.32 Å². The molecule has 148 valence electrons. The zero-order valence-corrected chi connectivity index (χ0v) is 16.4. The predicted octanol–water partition coefficient (Wildman–Crippen LogP) is 1.35. The summed E-state index contributed by atoms with van der Waals surface area (Å²) in [5.41, 5.74) is -1.37. The van der Waals surface area contributed by atoms with E-state index in [0.29, 0.717) is 19.3 Å². The van der Waals surface area contributed by atoms with Gasteiger partial charge in [-0.3, -0.25) is 4.79 Å². The van der Waals surface area contributed by atoms with Crippen LogP contribution in [-0.4, -0.2) is 63.4 Å². The van der Waals surface area contributed by atoms with Gasteiger partial charge in [0.2, 0.25) is 5.91 Å². The normalized spacial score (nSPS) is 29.2. The van der Waals surface area contributed by atoms with Gasteiger partial charge < -0.3 is 24.8 Å². The van der Waals surface area contributed by atoms with Crippen molar-refractivity contribution >= 4 is 18.0 Å². The second-order valence-electron chi connectivity index (χ2n) is 8.95. The van der Waals surface area contributed by atoms with Crippen molar-refractivity contribution in [1.29, 1.82) is 0 Å². The standard InChI is InChI=1S/C18H30N2O6/c1-17(2,3)25-15(23)11-8-7-10-9-12(21)13(14(22)20(10)11)19-16(24)26-18(4,5)6/h10-13,21H,7-9H2,1-6H3,(H,19,24)/t10-,11-,12-,13-/m0/s1. The maximum absolute atomic E-state index is 12.9. The number of alkyl carbamates (subject to hydrolysis) is 1. The Kier molecular flexibility index (Phi) is 5.56. The highest BCUT2D eigenvalue weighted by Crippen LogP contribution is 2.34. The van der Waals surface area contributed by atoms with Crippen LogP contribution < -0.4 is 5.32 Å². The lowest BCUT2D eigenvalue weighted by molar-refractivity contribution is -0.167. The molecule has 0 spiro atoms. The lowest BCUT2D eigenvalue weighted by Gasteiger charge is -2.40. The minimum atomic E-state index is -1.14. The summed E-state index contributed by atoms with van der Waals surface area (Å²) in [6, 6.07) is -2.06. The van der Waals surface area contributed by atoms with E-state index in [0.717, 1.165) is 0 Å². The Hall–Kier alpha value is -1.83. The van der Waals surface area contributed by atoms with Crippen molar-refractivity contribution in [2.45, 2.75) is 96.2 Å². The average molecular weight is 370 g/mol. The predicted molar refractivity (Wildman–Crippen MR) is 93.3 cm³/mol. The molecule has 0 unspecified atom stereocenters. The zero-order valence-electron chi connectivity index (χ0n) is 16.4. The van der Waals surface area contributed by atoms with Crippen molar-refractivity contribution in [2.24, 2.45) is 0 Å². The number of amides is 2. The average Bonchev–Trinajstić information content (AvgIpc) is 2.83. The first-order chi connectivity index (χ1) is 11.8. The summed E-state index contributed by atoms with van der Waals surface area (Å²) in [5.74, 6) is -0.936. The second-order valence-corrected chi connectivity index (χ2v) is 8.95. The summed E-state index contributed by atoms with van der Waals surface area (Å²) >= 11 is 0. The molecule has 0 aromatic carbocycles. The largest absolute Gasteiger partial charge is 0.458 e. The molecule has 4 atom stereocenters. The maximum Gasteiger partial charge on any atom is 0.408 e. The summed E-state index contributed by atoms with van der Waals surface area (Å²) in [6.07, 6.45) is -0.399. The number of ether oxygens (including phenoxy) is 2. The molecule has 26 heavy (non-hydrogen) atoms. The van der Waals surface area contributed by atoms with Gasteiger partial charge in [-0.25, -0.2) is 9.59 Å². The number of nitrogens with one attached hydrogen (secondary N) is 1. The van der Waals surface area contributed by atoms with Gasteiger partial charge in [-0.1, -0.05) is 0 Å². The molecule has 8 heteroatoms. The van der Waals surface area contributed by atoms with Crippen molar-refractivity contribution in [1.82, 2.24) is 10.2 Å². The molecule has 0 radical (unpaired) electrons. The summed E-state index contributed by atoms with van der Waals surface area (Å²) < 4.78 is 10.6. The molecule has 2 aliphatic heterocycles. The Morgan fingerprint density at radius 2 is 1.65 bits per heavy atom. The highest BCUT2D eigenvalue weighted by atomic mass is 16.6. The monoisotopic (exact) mass is 370 g/mol. The summed E-state index contributed by atoms with van der Waals surface area (Å²) in [6.45, 7) is 10.4. The quantitative estimate of drug-likeness (QED) is 0.711. The minimum Gasteiger partial charge on any atom is -0.458 e. The Bertz CT molecular complexity index is 577. The molecule has 2 aliphatic rings. The number of aliphatic hydroxyl groups is 1. The molecule has 2 rings (SSSR count). The van der Waals surface area contributed by atoms with Crippen molar-refractivity contribution in [3.63, 3.8) is 0 Å². The van der Waals surface area contributed by atoms with Crippen LogP contribution in [0.2, 0.25) is 0 Å². The number of piperidine rings is 1. The van der Waals surface area contributed by atoms with E-state index >= 15 is 0 Å². The van der Waals surface area contributed by atoms with Gasteiger partial charge in [0, 0.05) is 6.04 Å². The summed E-state index contributed by atoms with van der Waals surface area (Å²) in [7, 11) is 0. The van der Waals surface area contributed by atoms with E-state index in [-0.39, 0.29) is 6.04 Å². The molecule has 0 bridgehead atoms. The third kappa shape index (κ3) is 4.87. The van der Waals surface area contributed by atoms with Crippen LogP contribution in [0, 0.1) is 0 Å². The molecule has 2 amide bonds. The van der Waals surface area contributed by atoms with Crippen molar-refractivity contribution in [2.75, 3.05) is 0 Å². The van der Waals surface area contributed by atoms with Crippen LogP contribution >= 0.6 is 0 Å². The van der Waals surface area contributed by atoms with Crippen molar-refractivity contribution in [3.05, 3.63) is 0 Å². The van der Waals surface area contributed by atoms with Crippen LogP contribution in [0.1, 0.15) is 60.8 Å². The van der Waals surface area contributed by atoms with E-state index in [9.17, 15) is 19.5 Å². The molecule has 2 heterocycles. The molecule has 2 N–H and O–H groups in total. The Balaban J connectivity index is 2.11. The molecule has 2 fully saturated rings. The Morgan fingerprint density at radius 3 is 2.19 bits per heavy atom. The SMILES string of the molecule is CC(C)(C)OC(=O)N[C@@H]1C(=O)N2[C@@H](CC[C@H]2C(=O)OC(C)(C)C)C[C@@H]1O. The van der Waals surface area contributed by atoms with Crippen molar-refractivity contribution < 1.29 is 29.0 Å². The lowest BCUT2D eigenvalue weighted by Crippen LogP contribution is -2.63. The number of hydrogen-bond donors (Lipinski definition) is 2.